The summed E-state index contributed by atoms with van der Waals surface area (Å²) in [5.41, 5.74) is 5.39. The molecule has 1 aliphatic heterocycles. The molecular weight excluding hydrogens is 274 g/mol. The topological polar surface area (TPSA) is 93.7 Å². The zero-order chi connectivity index (χ0) is 15.4. The lowest BCUT2D eigenvalue weighted by molar-refractivity contribution is -0.134. The second kappa shape index (κ2) is 6.57. The van der Waals surface area contributed by atoms with Gasteiger partial charge in [0.25, 0.3) is 0 Å². The highest BCUT2D eigenvalue weighted by atomic mass is 16.5. The number of amides is 3. The van der Waals surface area contributed by atoms with Crippen LogP contribution < -0.4 is 5.73 Å². The molecule has 3 amide bonds. The molecule has 2 rings (SSSR count). The lowest BCUT2D eigenvalue weighted by atomic mass is 10.1. The van der Waals surface area contributed by atoms with Crippen LogP contribution in [0.5, 0.6) is 0 Å². The SMILES string of the molecule is CN(C)C(=O)COC[C@H]1CN(C(N)=O)Cc2nccn2C1. The third kappa shape index (κ3) is 3.94. The van der Waals surface area contributed by atoms with Crippen molar-refractivity contribution in [3.63, 3.8) is 0 Å². The maximum absolute atomic E-state index is 11.5. The quantitative estimate of drug-likeness (QED) is 0.810. The van der Waals surface area contributed by atoms with Gasteiger partial charge in [0.1, 0.15) is 12.4 Å². The fraction of sp³-hybridized carbons (Fsp3) is 0.615. The highest BCUT2D eigenvalue weighted by Crippen LogP contribution is 2.15. The van der Waals surface area contributed by atoms with E-state index in [1.54, 1.807) is 25.2 Å². The Kier molecular flexibility index (Phi) is 4.79. The molecule has 0 bridgehead atoms. The number of carbonyl (C=O) groups is 2. The summed E-state index contributed by atoms with van der Waals surface area (Å²) < 4.78 is 7.46. The zero-order valence-electron chi connectivity index (χ0n) is 12.4. The Labute approximate surface area is 123 Å². The van der Waals surface area contributed by atoms with Crippen LogP contribution in [0.1, 0.15) is 5.82 Å². The number of nitrogens with two attached hydrogens (primary N) is 1. The van der Waals surface area contributed by atoms with Crippen molar-refractivity contribution in [2.24, 2.45) is 11.7 Å². The summed E-state index contributed by atoms with van der Waals surface area (Å²) >= 11 is 0. The number of aromatic nitrogens is 2. The Bertz CT molecular complexity index is 514. The Morgan fingerprint density at radius 2 is 2.24 bits per heavy atom. The van der Waals surface area contributed by atoms with Gasteiger partial charge in [0.2, 0.25) is 5.91 Å². The summed E-state index contributed by atoms with van der Waals surface area (Å²) in [7, 11) is 3.37. The highest BCUT2D eigenvalue weighted by molar-refractivity contribution is 5.76. The largest absolute Gasteiger partial charge is 0.371 e. The average molecular weight is 295 g/mol. The summed E-state index contributed by atoms with van der Waals surface area (Å²) in [5, 5.41) is 0. The minimum Gasteiger partial charge on any atom is -0.371 e. The first-order valence-electron chi connectivity index (χ1n) is 6.79. The van der Waals surface area contributed by atoms with Crippen LogP contribution in [-0.2, 0) is 22.6 Å². The van der Waals surface area contributed by atoms with E-state index < -0.39 is 6.03 Å². The molecule has 0 unspecified atom stereocenters. The molecule has 1 aromatic heterocycles. The normalized spacial score (nSPS) is 18.0. The molecule has 0 aliphatic carbocycles. The Morgan fingerprint density at radius 3 is 2.90 bits per heavy atom. The van der Waals surface area contributed by atoms with Crippen molar-refractivity contribution < 1.29 is 14.3 Å². The first-order valence-corrected chi connectivity index (χ1v) is 6.79. The van der Waals surface area contributed by atoms with Crippen LogP contribution >= 0.6 is 0 Å². The van der Waals surface area contributed by atoms with Crippen LogP contribution in [-0.4, -0.2) is 65.1 Å². The third-order valence-electron chi connectivity index (χ3n) is 3.46. The molecule has 1 aliphatic rings. The first kappa shape index (κ1) is 15.3. The zero-order valence-corrected chi connectivity index (χ0v) is 12.4. The van der Waals surface area contributed by atoms with Crippen molar-refractivity contribution in [1.29, 1.82) is 0 Å². The molecule has 8 nitrogen and oxygen atoms in total. The molecule has 8 heteroatoms. The smallest absolute Gasteiger partial charge is 0.315 e. The number of ether oxygens (including phenoxy) is 1. The van der Waals surface area contributed by atoms with Gasteiger partial charge in [-0.1, -0.05) is 0 Å². The number of carbonyl (C=O) groups excluding carboxylic acids is 2. The number of rotatable bonds is 4. The summed E-state index contributed by atoms with van der Waals surface area (Å²) in [5.74, 6) is 0.794. The molecule has 0 saturated heterocycles. The molecule has 0 radical (unpaired) electrons. The maximum Gasteiger partial charge on any atom is 0.315 e. The molecule has 1 aromatic rings. The van der Waals surface area contributed by atoms with Gasteiger partial charge in [0.05, 0.1) is 13.2 Å². The van der Waals surface area contributed by atoms with E-state index in [1.807, 2.05) is 10.8 Å². The van der Waals surface area contributed by atoms with E-state index in [4.69, 9.17) is 10.5 Å². The number of hydrogen-bond acceptors (Lipinski definition) is 4. The van der Waals surface area contributed by atoms with E-state index in [0.29, 0.717) is 26.2 Å². The monoisotopic (exact) mass is 295 g/mol. The summed E-state index contributed by atoms with van der Waals surface area (Å²) in [6.45, 7) is 2.01. The summed E-state index contributed by atoms with van der Waals surface area (Å²) in [6, 6.07) is -0.471. The predicted molar refractivity (Wildman–Crippen MR) is 75.2 cm³/mol. The van der Waals surface area contributed by atoms with Gasteiger partial charge in [-0.2, -0.15) is 0 Å². The number of imidazole rings is 1. The molecule has 21 heavy (non-hydrogen) atoms. The number of hydrogen-bond donors (Lipinski definition) is 1. The number of primary amides is 1. The number of nitrogens with zero attached hydrogens (tertiary/aromatic N) is 4. The summed E-state index contributed by atoms with van der Waals surface area (Å²) in [6.07, 6.45) is 3.57. The Hall–Kier alpha value is -2.09. The predicted octanol–water partition coefficient (Wildman–Crippen LogP) is -0.502. The van der Waals surface area contributed by atoms with Crippen LogP contribution in [0.15, 0.2) is 12.4 Å². The van der Waals surface area contributed by atoms with Crippen LogP contribution in [0.4, 0.5) is 4.79 Å². The Morgan fingerprint density at radius 1 is 1.48 bits per heavy atom. The fourth-order valence-corrected chi connectivity index (χ4v) is 2.26. The second-order valence-electron chi connectivity index (χ2n) is 5.38. The van der Waals surface area contributed by atoms with Crippen molar-refractivity contribution in [2.75, 3.05) is 33.9 Å². The molecule has 0 spiro atoms. The first-order chi connectivity index (χ1) is 9.97. The molecule has 116 valence electrons. The van der Waals surface area contributed by atoms with Crippen LogP contribution in [0, 0.1) is 5.92 Å². The standard InChI is InChI=1S/C13H21N5O3/c1-16(2)12(19)9-21-8-10-5-17-4-3-15-11(17)7-18(6-10)13(14)20/h3-4,10H,5-9H2,1-2H3,(H2,14,20)/t10-/m1/s1. The van der Waals surface area contributed by atoms with E-state index in [1.165, 1.54) is 4.90 Å². The van der Waals surface area contributed by atoms with Crippen molar-refractivity contribution in [3.8, 4) is 0 Å². The van der Waals surface area contributed by atoms with Gasteiger partial charge in [0, 0.05) is 45.5 Å². The van der Waals surface area contributed by atoms with Crippen molar-refractivity contribution in [2.45, 2.75) is 13.1 Å². The van der Waals surface area contributed by atoms with Gasteiger partial charge in [-0.05, 0) is 0 Å². The second-order valence-corrected chi connectivity index (χ2v) is 5.38. The lowest BCUT2D eigenvalue weighted by Gasteiger charge is -2.22. The molecule has 2 N–H and O–H groups in total. The van der Waals surface area contributed by atoms with E-state index in [-0.39, 0.29) is 18.4 Å². The van der Waals surface area contributed by atoms with E-state index in [0.717, 1.165) is 5.82 Å². The van der Waals surface area contributed by atoms with Crippen molar-refractivity contribution >= 4 is 11.9 Å². The van der Waals surface area contributed by atoms with Crippen LogP contribution in [0.25, 0.3) is 0 Å². The average Bonchev–Trinajstić information content (AvgIpc) is 2.77. The van der Waals surface area contributed by atoms with Gasteiger partial charge in [-0.25, -0.2) is 9.78 Å². The number of urea groups is 1. The van der Waals surface area contributed by atoms with E-state index in [9.17, 15) is 9.59 Å². The number of likely N-dealkylation sites (N-methyl/N-ethyl adjacent to an activating group) is 1. The van der Waals surface area contributed by atoms with Gasteiger partial charge < -0.3 is 24.8 Å². The molecule has 1 atom stereocenters. The minimum atomic E-state index is -0.471. The lowest BCUT2D eigenvalue weighted by Crippen LogP contribution is -2.39. The number of fused-ring (bicyclic) bond motifs is 1. The van der Waals surface area contributed by atoms with E-state index >= 15 is 0 Å². The summed E-state index contributed by atoms with van der Waals surface area (Å²) in [4.78, 5) is 30.2. The minimum absolute atomic E-state index is 0.0385. The fourth-order valence-electron chi connectivity index (χ4n) is 2.26. The van der Waals surface area contributed by atoms with Gasteiger partial charge >= 0.3 is 6.03 Å². The van der Waals surface area contributed by atoms with Gasteiger partial charge in [-0.3, -0.25) is 4.79 Å². The highest BCUT2D eigenvalue weighted by Gasteiger charge is 2.24. The maximum atomic E-state index is 11.5. The molecule has 0 aromatic carbocycles. The molecular formula is C13H21N5O3. The van der Waals surface area contributed by atoms with E-state index in [2.05, 4.69) is 4.98 Å². The van der Waals surface area contributed by atoms with Crippen LogP contribution in [0.3, 0.4) is 0 Å². The molecule has 0 saturated carbocycles. The van der Waals surface area contributed by atoms with Gasteiger partial charge in [0.15, 0.2) is 0 Å². The third-order valence-corrected chi connectivity index (χ3v) is 3.46. The molecule has 2 heterocycles. The van der Waals surface area contributed by atoms with Crippen molar-refractivity contribution in [3.05, 3.63) is 18.2 Å². The molecule has 0 fully saturated rings. The van der Waals surface area contributed by atoms with Gasteiger partial charge in [-0.15, -0.1) is 0 Å². The van der Waals surface area contributed by atoms with Crippen molar-refractivity contribution in [1.82, 2.24) is 19.4 Å². The Balaban J connectivity index is 1.96. The van der Waals surface area contributed by atoms with Crippen LogP contribution in [0.2, 0.25) is 0 Å².